The average molecular weight is 490 g/mol. The molecule has 6 saturated heterocycles. The summed E-state index contributed by atoms with van der Waals surface area (Å²) in [5, 5.41) is 0. The van der Waals surface area contributed by atoms with Gasteiger partial charge in [-0.05, 0) is 41.8 Å². The molecule has 0 N–H and O–H groups in total. The third-order valence-corrected chi connectivity index (χ3v) is 7.23. The molecule has 0 aromatic heterocycles. The predicted molar refractivity (Wildman–Crippen MR) is 114 cm³/mol. The molecule has 0 aromatic carbocycles. The molecule has 6 rings (SSSR count). The lowest BCUT2D eigenvalue weighted by Crippen LogP contribution is -2.55. The van der Waals surface area contributed by atoms with Crippen LogP contribution in [0.3, 0.4) is 0 Å². The first-order chi connectivity index (χ1) is 16.4. The largest absolute Gasteiger partial charge is 0.371 e. The molecule has 6 heterocycles. The standard InChI is InChI=1S/C23H37NO10/c1-22(2)31-16-14(12-9-27-20(29-12)18(16)33-22)25-7-11(24(5)6)8-26-15-13-10-28-21(30-13)19-17(15)32-23(3,4)34-19/h11-21H,7-10H2,1-6H3/t12-,13-,14-,15-,16+,17+,18+,19+,20-,21-/m1/s1/i11T. The monoisotopic (exact) mass is 489 g/mol. The maximum Gasteiger partial charge on any atom is 0.187 e. The molecule has 10 atom stereocenters. The van der Waals surface area contributed by atoms with E-state index in [4.69, 9.17) is 47.4 Å². The second-order valence-electron chi connectivity index (χ2n) is 10.9. The summed E-state index contributed by atoms with van der Waals surface area (Å²) in [5.41, 5.74) is 0. The Balaban J connectivity index is 1.13. The summed E-state index contributed by atoms with van der Waals surface area (Å²) in [4.78, 5) is 1.78. The minimum absolute atomic E-state index is 0.0660. The minimum Gasteiger partial charge on any atom is -0.371 e. The molecule has 11 heteroatoms. The van der Waals surface area contributed by atoms with Crippen LogP contribution in [0, 0.1) is 0 Å². The third kappa shape index (κ3) is 4.22. The second-order valence-corrected chi connectivity index (χ2v) is 10.9. The molecular formula is C23H37NO10. The lowest BCUT2D eigenvalue weighted by Gasteiger charge is -2.38. The SMILES string of the molecule is [3H]C(CO[C@H]1[C@@H]2OC(C)(C)O[C@@H]2[C@@H]2OC[C@H]1O2)(CO[C@H]1[C@@H]2OC(C)(C)O[C@@H]2[C@@H]2OC[C@H]1O2)N(C)C. The molecule has 6 aliphatic heterocycles. The molecule has 194 valence electrons. The molecule has 6 aliphatic rings. The van der Waals surface area contributed by atoms with Crippen molar-refractivity contribution in [3.05, 3.63) is 0 Å². The van der Waals surface area contributed by atoms with Crippen LogP contribution in [0.4, 0.5) is 0 Å². The van der Waals surface area contributed by atoms with Gasteiger partial charge in [0.2, 0.25) is 0 Å². The molecule has 11 nitrogen and oxygen atoms in total. The maximum atomic E-state index is 9.20. The van der Waals surface area contributed by atoms with Gasteiger partial charge in [0.25, 0.3) is 0 Å². The Labute approximate surface area is 201 Å². The highest BCUT2D eigenvalue weighted by Crippen LogP contribution is 2.43. The number of likely N-dealkylation sites (N-methyl/N-ethyl adjacent to an activating group) is 1. The van der Waals surface area contributed by atoms with Gasteiger partial charge in [-0.15, -0.1) is 0 Å². The first kappa shape index (κ1) is 22.7. The zero-order valence-electron chi connectivity index (χ0n) is 21.6. The molecule has 0 amide bonds. The highest BCUT2D eigenvalue weighted by Gasteiger charge is 2.60. The number of hydrogen-bond donors (Lipinski definition) is 0. The highest BCUT2D eigenvalue weighted by atomic mass is 16.8. The van der Waals surface area contributed by atoms with Gasteiger partial charge in [-0.3, -0.25) is 0 Å². The first-order valence-corrected chi connectivity index (χ1v) is 12.1. The van der Waals surface area contributed by atoms with E-state index in [-0.39, 0.29) is 49.8 Å². The topological polar surface area (TPSA) is 95.5 Å². The van der Waals surface area contributed by atoms with Gasteiger partial charge in [0.1, 0.15) is 48.8 Å². The van der Waals surface area contributed by atoms with Crippen LogP contribution < -0.4 is 0 Å². The van der Waals surface area contributed by atoms with Gasteiger partial charge in [0.05, 0.1) is 33.8 Å². The van der Waals surface area contributed by atoms with E-state index in [1.165, 1.54) is 0 Å². The van der Waals surface area contributed by atoms with E-state index in [2.05, 4.69) is 0 Å². The van der Waals surface area contributed by atoms with Crippen molar-refractivity contribution in [3.63, 3.8) is 0 Å². The molecular weight excluding hydrogens is 450 g/mol. The normalized spacial score (nSPS) is 48.7. The summed E-state index contributed by atoms with van der Waals surface area (Å²) in [6.45, 7) is 8.40. The smallest absolute Gasteiger partial charge is 0.187 e. The van der Waals surface area contributed by atoms with Crippen LogP contribution >= 0.6 is 0 Å². The van der Waals surface area contributed by atoms with E-state index in [9.17, 15) is 1.37 Å². The third-order valence-electron chi connectivity index (χ3n) is 7.23. The summed E-state index contributed by atoms with van der Waals surface area (Å²) < 4.78 is 69.7. The van der Waals surface area contributed by atoms with Crippen LogP contribution in [-0.2, 0) is 47.4 Å². The Kier molecular flexibility index (Phi) is 5.72. The molecule has 0 radical (unpaired) electrons. The maximum absolute atomic E-state index is 9.20. The Morgan fingerprint density at radius 3 is 1.59 bits per heavy atom. The van der Waals surface area contributed by atoms with Crippen LogP contribution in [0.25, 0.3) is 0 Å². The van der Waals surface area contributed by atoms with Crippen LogP contribution in [0.2, 0.25) is 0 Å². The van der Waals surface area contributed by atoms with Gasteiger partial charge in [-0.25, -0.2) is 0 Å². The summed E-state index contributed by atoms with van der Waals surface area (Å²) >= 11 is 0. The molecule has 34 heavy (non-hydrogen) atoms. The van der Waals surface area contributed by atoms with Gasteiger partial charge in [-0.2, -0.15) is 0 Å². The van der Waals surface area contributed by atoms with Crippen LogP contribution in [-0.4, -0.2) is 124 Å². The van der Waals surface area contributed by atoms with Gasteiger partial charge in [0, 0.05) is 0 Å². The van der Waals surface area contributed by atoms with E-state index in [0.29, 0.717) is 13.2 Å². The van der Waals surface area contributed by atoms with Gasteiger partial charge >= 0.3 is 0 Å². The number of nitrogens with zero attached hydrogens (tertiary/aromatic N) is 1. The molecule has 0 saturated carbocycles. The quantitative estimate of drug-likeness (QED) is 0.492. The van der Waals surface area contributed by atoms with Crippen molar-refractivity contribution in [2.45, 2.75) is 107 Å². The number of rotatable bonds is 7. The van der Waals surface area contributed by atoms with Crippen molar-refractivity contribution >= 4 is 0 Å². The summed E-state index contributed by atoms with van der Waals surface area (Å²) in [5.74, 6) is -1.51. The van der Waals surface area contributed by atoms with Crippen molar-refractivity contribution in [1.82, 2.24) is 4.90 Å². The Bertz CT molecular complexity index is 755. The van der Waals surface area contributed by atoms with Gasteiger partial charge in [-0.1, -0.05) is 0 Å². The molecule has 0 unspecified atom stereocenters. The van der Waals surface area contributed by atoms with Crippen molar-refractivity contribution in [2.75, 3.05) is 40.5 Å². The van der Waals surface area contributed by atoms with Crippen molar-refractivity contribution in [2.24, 2.45) is 0 Å². The van der Waals surface area contributed by atoms with E-state index in [0.717, 1.165) is 0 Å². The molecule has 0 aliphatic carbocycles. The average Bonchev–Trinajstić information content (AvgIpc) is 3.52. The first-order valence-electron chi connectivity index (χ1n) is 12.6. The van der Waals surface area contributed by atoms with Crippen molar-refractivity contribution < 1.29 is 48.7 Å². The van der Waals surface area contributed by atoms with E-state index in [1.54, 1.807) is 4.90 Å². The Morgan fingerprint density at radius 1 is 0.765 bits per heavy atom. The van der Waals surface area contributed by atoms with Gasteiger partial charge in [0.15, 0.2) is 24.2 Å². The Morgan fingerprint density at radius 2 is 1.18 bits per heavy atom. The summed E-state index contributed by atoms with van der Waals surface area (Å²) in [6, 6.07) is -1.19. The Hall–Kier alpha value is -0.440. The molecule has 0 spiro atoms. The minimum atomic E-state index is -1.19. The second kappa shape index (κ2) is 8.56. The van der Waals surface area contributed by atoms with E-state index in [1.807, 2.05) is 41.8 Å². The van der Waals surface area contributed by atoms with E-state index >= 15 is 0 Å². The van der Waals surface area contributed by atoms with Crippen LogP contribution in [0.1, 0.15) is 29.1 Å². The lowest BCUT2D eigenvalue weighted by atomic mass is 10.0. The predicted octanol–water partition coefficient (Wildman–Crippen LogP) is 0.237. The summed E-state index contributed by atoms with van der Waals surface area (Å²) in [6.07, 6.45) is -3.76. The fourth-order valence-corrected chi connectivity index (χ4v) is 5.65. The molecule has 0 aromatic rings. The zero-order valence-corrected chi connectivity index (χ0v) is 20.6. The lowest BCUT2D eigenvalue weighted by molar-refractivity contribution is -0.216. The highest BCUT2D eigenvalue weighted by molar-refractivity contribution is 5.01. The fourth-order valence-electron chi connectivity index (χ4n) is 5.65. The zero-order chi connectivity index (χ0) is 24.8. The van der Waals surface area contributed by atoms with Crippen molar-refractivity contribution in [1.29, 1.82) is 0 Å². The summed E-state index contributed by atoms with van der Waals surface area (Å²) in [7, 11) is 3.67. The molecule has 4 bridgehead atoms. The van der Waals surface area contributed by atoms with Crippen LogP contribution in [0.5, 0.6) is 0 Å². The number of ether oxygens (including phenoxy) is 10. The number of hydrogen-bond acceptors (Lipinski definition) is 11. The number of fused-ring (bicyclic) bond motifs is 8. The van der Waals surface area contributed by atoms with Crippen LogP contribution in [0.15, 0.2) is 0 Å². The molecule has 6 fully saturated rings. The van der Waals surface area contributed by atoms with E-state index < -0.39 is 42.4 Å². The fraction of sp³-hybridized carbons (Fsp3) is 1.00. The van der Waals surface area contributed by atoms with Gasteiger partial charge < -0.3 is 52.3 Å². The van der Waals surface area contributed by atoms with Crippen molar-refractivity contribution in [3.8, 4) is 0 Å².